The Morgan fingerprint density at radius 1 is 0.938 bits per heavy atom. The number of aryl methyl sites for hydroxylation is 1. The van der Waals surface area contributed by atoms with Crippen LogP contribution in [0.25, 0.3) is 0 Å². The molecule has 0 radical (unpaired) electrons. The topological polar surface area (TPSA) is 94.2 Å². The molecular formula is C39H51N5O4. The molecule has 0 aromatic heterocycles. The second kappa shape index (κ2) is 13.8. The molecule has 9 heteroatoms. The first kappa shape index (κ1) is 33.0. The maximum absolute atomic E-state index is 14.4. The fourth-order valence-electron chi connectivity index (χ4n) is 8.98. The summed E-state index contributed by atoms with van der Waals surface area (Å²) in [6.07, 6.45) is 7.21. The van der Waals surface area contributed by atoms with Crippen LogP contribution in [0.4, 0.5) is 5.69 Å². The molecule has 4 aliphatic heterocycles. The number of fused-ring (bicyclic) bond motifs is 1. The first-order valence-electron chi connectivity index (χ1n) is 18.1. The lowest BCUT2D eigenvalue weighted by Gasteiger charge is -2.38. The Labute approximate surface area is 285 Å². The molecule has 4 fully saturated rings. The SMILES string of the molecule is Cc1cccc(NC(=O)C2[C@H]3C=CC4(O3)C(C(=O)NC3CCCC(C)C3C)N(CCCN3CCN(Cc5ccccc5)CC3)C(=O)[C@@H]24)c1. The molecule has 2 aromatic carbocycles. The number of nitrogens with one attached hydrogen (secondary N) is 2. The summed E-state index contributed by atoms with van der Waals surface area (Å²) < 4.78 is 6.60. The van der Waals surface area contributed by atoms with Crippen LogP contribution in [-0.2, 0) is 25.7 Å². The highest BCUT2D eigenvalue weighted by atomic mass is 16.5. The van der Waals surface area contributed by atoms with E-state index in [9.17, 15) is 14.4 Å². The lowest BCUT2D eigenvalue weighted by atomic mass is 9.73. The number of anilines is 1. The summed E-state index contributed by atoms with van der Waals surface area (Å²) >= 11 is 0. The van der Waals surface area contributed by atoms with E-state index in [0.717, 1.165) is 64.1 Å². The van der Waals surface area contributed by atoms with Gasteiger partial charge in [-0.15, -0.1) is 0 Å². The van der Waals surface area contributed by atoms with E-state index in [-0.39, 0.29) is 23.8 Å². The fraction of sp³-hybridized carbons (Fsp3) is 0.564. The number of amides is 3. The molecular weight excluding hydrogens is 602 g/mol. The average molecular weight is 654 g/mol. The van der Waals surface area contributed by atoms with E-state index in [4.69, 9.17) is 4.74 Å². The van der Waals surface area contributed by atoms with E-state index in [0.29, 0.717) is 24.1 Å². The molecule has 3 saturated heterocycles. The Bertz CT molecular complexity index is 1520. The van der Waals surface area contributed by atoms with E-state index in [2.05, 4.69) is 64.6 Å². The smallest absolute Gasteiger partial charge is 0.246 e. The number of hydrogen-bond acceptors (Lipinski definition) is 6. The molecule has 1 saturated carbocycles. The second-order valence-electron chi connectivity index (χ2n) is 14.9. The molecule has 2 bridgehead atoms. The summed E-state index contributed by atoms with van der Waals surface area (Å²) in [7, 11) is 0. The summed E-state index contributed by atoms with van der Waals surface area (Å²) in [5.41, 5.74) is 1.92. The average Bonchev–Trinajstić information content (AvgIpc) is 3.72. The molecule has 3 amide bonds. The van der Waals surface area contributed by atoms with E-state index in [1.54, 1.807) is 4.90 Å². The number of rotatable bonds is 10. The van der Waals surface area contributed by atoms with Gasteiger partial charge in [0.25, 0.3) is 0 Å². The molecule has 5 aliphatic rings. The van der Waals surface area contributed by atoms with Gasteiger partial charge < -0.3 is 25.2 Å². The van der Waals surface area contributed by atoms with E-state index >= 15 is 0 Å². The van der Waals surface area contributed by atoms with Gasteiger partial charge in [-0.1, -0.05) is 81.3 Å². The maximum Gasteiger partial charge on any atom is 0.246 e. The minimum Gasteiger partial charge on any atom is -0.359 e. The number of piperazine rings is 1. The quantitative estimate of drug-likeness (QED) is 0.373. The van der Waals surface area contributed by atoms with Crippen LogP contribution in [-0.4, -0.2) is 95.5 Å². The van der Waals surface area contributed by atoms with Crippen molar-refractivity contribution in [3.8, 4) is 0 Å². The van der Waals surface area contributed by atoms with Gasteiger partial charge >= 0.3 is 0 Å². The van der Waals surface area contributed by atoms with Gasteiger partial charge in [-0.3, -0.25) is 19.3 Å². The Balaban J connectivity index is 1.06. The summed E-state index contributed by atoms with van der Waals surface area (Å²) in [5, 5.41) is 6.42. The number of carbonyl (C=O) groups excluding carboxylic acids is 3. The molecule has 4 heterocycles. The lowest BCUT2D eigenvalue weighted by Crippen LogP contribution is -2.58. The maximum atomic E-state index is 14.4. The van der Waals surface area contributed by atoms with Crippen LogP contribution in [0.1, 0.15) is 50.7 Å². The van der Waals surface area contributed by atoms with E-state index < -0.39 is 29.6 Å². The van der Waals surface area contributed by atoms with Crippen LogP contribution in [0.5, 0.6) is 0 Å². The van der Waals surface area contributed by atoms with Gasteiger partial charge in [0.2, 0.25) is 17.7 Å². The van der Waals surface area contributed by atoms with E-state index in [1.807, 2.05) is 43.3 Å². The molecule has 2 N–H and O–H groups in total. The predicted octanol–water partition coefficient (Wildman–Crippen LogP) is 4.23. The number of benzene rings is 2. The van der Waals surface area contributed by atoms with Crippen molar-refractivity contribution in [2.75, 3.05) is 44.6 Å². The Morgan fingerprint density at radius 3 is 2.48 bits per heavy atom. The predicted molar refractivity (Wildman–Crippen MR) is 186 cm³/mol. The summed E-state index contributed by atoms with van der Waals surface area (Å²) in [5.74, 6) is -1.10. The van der Waals surface area contributed by atoms with Gasteiger partial charge in [0, 0.05) is 51.0 Å². The summed E-state index contributed by atoms with van der Waals surface area (Å²) in [6.45, 7) is 12.7. The van der Waals surface area contributed by atoms with Crippen LogP contribution >= 0.6 is 0 Å². The Kier molecular flexibility index (Phi) is 9.46. The molecule has 2 aromatic rings. The third-order valence-corrected chi connectivity index (χ3v) is 11.8. The zero-order valence-electron chi connectivity index (χ0n) is 28.6. The third-order valence-electron chi connectivity index (χ3n) is 11.8. The third kappa shape index (κ3) is 6.32. The van der Waals surface area contributed by atoms with Crippen molar-refractivity contribution in [2.45, 2.75) is 76.8 Å². The zero-order valence-corrected chi connectivity index (χ0v) is 28.6. The molecule has 256 valence electrons. The highest BCUT2D eigenvalue weighted by Crippen LogP contribution is 2.55. The van der Waals surface area contributed by atoms with Gasteiger partial charge in [0.15, 0.2) is 0 Å². The lowest BCUT2D eigenvalue weighted by molar-refractivity contribution is -0.141. The van der Waals surface area contributed by atoms with Crippen molar-refractivity contribution in [3.63, 3.8) is 0 Å². The summed E-state index contributed by atoms with van der Waals surface area (Å²) in [4.78, 5) is 49.4. The summed E-state index contributed by atoms with van der Waals surface area (Å²) in [6, 6.07) is 17.5. The van der Waals surface area contributed by atoms with Gasteiger partial charge in [0.05, 0.1) is 17.9 Å². The van der Waals surface area contributed by atoms with Crippen LogP contribution < -0.4 is 10.6 Å². The second-order valence-corrected chi connectivity index (χ2v) is 14.9. The van der Waals surface area contributed by atoms with Crippen LogP contribution in [0.15, 0.2) is 66.7 Å². The van der Waals surface area contributed by atoms with Gasteiger partial charge in [-0.25, -0.2) is 0 Å². The molecule has 1 spiro atoms. The number of hydrogen-bond donors (Lipinski definition) is 2. The van der Waals surface area contributed by atoms with Crippen LogP contribution in [0.2, 0.25) is 0 Å². The minimum atomic E-state index is -1.15. The number of nitrogens with zero attached hydrogens (tertiary/aromatic N) is 3. The normalized spacial score (nSPS) is 33.2. The fourth-order valence-corrected chi connectivity index (χ4v) is 8.98. The van der Waals surface area contributed by atoms with Crippen molar-refractivity contribution in [1.29, 1.82) is 0 Å². The van der Waals surface area contributed by atoms with Crippen molar-refractivity contribution >= 4 is 23.4 Å². The molecule has 9 nitrogen and oxygen atoms in total. The van der Waals surface area contributed by atoms with Crippen molar-refractivity contribution in [2.24, 2.45) is 23.7 Å². The number of likely N-dealkylation sites (tertiary alicyclic amines) is 1. The standard InChI is InChI=1S/C39H51N5O4/c1-26-10-7-14-30(24-26)40-36(45)33-32-16-17-39(48-32)34(33)38(47)44(35(39)37(46)41-31-15-8-11-27(2)28(31)3)19-9-18-42-20-22-43(23-21-42)25-29-12-5-4-6-13-29/h4-7,10,12-14,16-17,24,27-28,31-35H,8-9,11,15,18-23,25H2,1-3H3,(H,40,45)(H,41,46)/t27?,28?,31?,32-,33?,34-,35?,39?/m1/s1. The first-order valence-corrected chi connectivity index (χ1v) is 18.1. The van der Waals surface area contributed by atoms with Crippen molar-refractivity contribution in [1.82, 2.24) is 20.0 Å². The van der Waals surface area contributed by atoms with Gasteiger partial charge in [-0.2, -0.15) is 0 Å². The molecule has 8 atom stereocenters. The highest BCUT2D eigenvalue weighted by molar-refractivity contribution is 6.02. The van der Waals surface area contributed by atoms with Gasteiger partial charge in [0.1, 0.15) is 11.6 Å². The minimum absolute atomic E-state index is 0.0591. The van der Waals surface area contributed by atoms with Gasteiger partial charge in [-0.05, 0) is 61.4 Å². The number of ether oxygens (including phenoxy) is 1. The highest BCUT2D eigenvalue weighted by Gasteiger charge is 2.72. The monoisotopic (exact) mass is 653 g/mol. The van der Waals surface area contributed by atoms with Crippen molar-refractivity contribution < 1.29 is 19.1 Å². The van der Waals surface area contributed by atoms with E-state index in [1.165, 1.54) is 12.0 Å². The Hall–Kier alpha value is -3.53. The largest absolute Gasteiger partial charge is 0.359 e. The molecule has 7 rings (SSSR count). The molecule has 6 unspecified atom stereocenters. The molecule has 1 aliphatic carbocycles. The van der Waals surface area contributed by atoms with Crippen molar-refractivity contribution in [3.05, 3.63) is 77.9 Å². The Morgan fingerprint density at radius 2 is 1.71 bits per heavy atom. The van der Waals surface area contributed by atoms with Crippen LogP contribution in [0, 0.1) is 30.6 Å². The molecule has 48 heavy (non-hydrogen) atoms. The first-order chi connectivity index (χ1) is 23.2. The number of carbonyl (C=O) groups is 3. The zero-order chi connectivity index (χ0) is 33.4. The van der Waals surface area contributed by atoms with Crippen LogP contribution in [0.3, 0.4) is 0 Å².